The Balaban J connectivity index is 1.73. The van der Waals surface area contributed by atoms with Crippen molar-refractivity contribution in [2.24, 2.45) is 0 Å². The standard InChI is InChI=1S/C22H29N3O3/c1-3-4-5-6-15-28-20-13-11-19(12-14-20)25-21(26)16-24-18-9-7-17(8-10-18)22(27)23-2/h7-14,24H,3-6,15-16H2,1-2H3,(H,23,27)(H,25,26). The lowest BCUT2D eigenvalue weighted by Gasteiger charge is -2.10. The first-order valence-corrected chi connectivity index (χ1v) is 9.71. The molecule has 0 fully saturated rings. The molecule has 2 aromatic carbocycles. The van der Waals surface area contributed by atoms with Gasteiger partial charge in [-0.3, -0.25) is 9.59 Å². The summed E-state index contributed by atoms with van der Waals surface area (Å²) in [4.78, 5) is 23.6. The highest BCUT2D eigenvalue weighted by Crippen LogP contribution is 2.16. The molecule has 0 radical (unpaired) electrons. The van der Waals surface area contributed by atoms with Gasteiger partial charge < -0.3 is 20.7 Å². The monoisotopic (exact) mass is 383 g/mol. The highest BCUT2D eigenvalue weighted by molar-refractivity contribution is 5.95. The van der Waals surface area contributed by atoms with Crippen molar-refractivity contribution in [3.63, 3.8) is 0 Å². The molecule has 3 N–H and O–H groups in total. The highest BCUT2D eigenvalue weighted by atomic mass is 16.5. The Morgan fingerprint density at radius 2 is 1.57 bits per heavy atom. The van der Waals surface area contributed by atoms with Crippen molar-refractivity contribution in [3.05, 3.63) is 54.1 Å². The summed E-state index contributed by atoms with van der Waals surface area (Å²) in [5.41, 5.74) is 2.07. The van der Waals surface area contributed by atoms with Gasteiger partial charge in [-0.1, -0.05) is 26.2 Å². The van der Waals surface area contributed by atoms with Gasteiger partial charge in [0.25, 0.3) is 5.91 Å². The van der Waals surface area contributed by atoms with Crippen molar-refractivity contribution >= 4 is 23.2 Å². The fourth-order valence-electron chi connectivity index (χ4n) is 2.62. The van der Waals surface area contributed by atoms with E-state index in [9.17, 15) is 9.59 Å². The zero-order valence-electron chi connectivity index (χ0n) is 16.6. The second-order valence-corrected chi connectivity index (χ2v) is 6.49. The third-order valence-electron chi connectivity index (χ3n) is 4.23. The third kappa shape index (κ3) is 7.31. The second kappa shape index (κ2) is 11.6. The van der Waals surface area contributed by atoms with E-state index in [0.29, 0.717) is 12.2 Å². The first-order valence-electron chi connectivity index (χ1n) is 9.71. The van der Waals surface area contributed by atoms with Crippen molar-refractivity contribution in [1.29, 1.82) is 0 Å². The van der Waals surface area contributed by atoms with Crippen LogP contribution < -0.4 is 20.7 Å². The maximum Gasteiger partial charge on any atom is 0.251 e. The van der Waals surface area contributed by atoms with Crippen LogP contribution in [0.4, 0.5) is 11.4 Å². The Morgan fingerprint density at radius 3 is 2.21 bits per heavy atom. The predicted octanol–water partition coefficient (Wildman–Crippen LogP) is 4.06. The Hall–Kier alpha value is -3.02. The summed E-state index contributed by atoms with van der Waals surface area (Å²) in [6.45, 7) is 3.04. The van der Waals surface area contributed by atoms with E-state index >= 15 is 0 Å². The number of anilines is 2. The van der Waals surface area contributed by atoms with Gasteiger partial charge in [0.15, 0.2) is 0 Å². The van der Waals surface area contributed by atoms with Gasteiger partial charge in [-0.05, 0) is 55.0 Å². The quantitative estimate of drug-likeness (QED) is 0.511. The highest BCUT2D eigenvalue weighted by Gasteiger charge is 2.05. The molecule has 0 unspecified atom stereocenters. The average Bonchev–Trinajstić information content (AvgIpc) is 2.73. The van der Waals surface area contributed by atoms with Crippen LogP contribution in [-0.2, 0) is 4.79 Å². The lowest BCUT2D eigenvalue weighted by Crippen LogP contribution is -2.22. The zero-order chi connectivity index (χ0) is 20.2. The topological polar surface area (TPSA) is 79.5 Å². The minimum atomic E-state index is -0.149. The minimum Gasteiger partial charge on any atom is -0.494 e. The van der Waals surface area contributed by atoms with E-state index in [-0.39, 0.29) is 18.4 Å². The van der Waals surface area contributed by atoms with Crippen molar-refractivity contribution in [3.8, 4) is 5.75 Å². The molecule has 0 saturated carbocycles. The number of benzene rings is 2. The Labute approximate surface area is 166 Å². The summed E-state index contributed by atoms with van der Waals surface area (Å²) in [6, 6.07) is 14.3. The summed E-state index contributed by atoms with van der Waals surface area (Å²) in [7, 11) is 1.59. The number of nitrogens with one attached hydrogen (secondary N) is 3. The molecule has 0 heterocycles. The number of carbonyl (C=O) groups excluding carboxylic acids is 2. The maximum atomic E-state index is 12.1. The summed E-state index contributed by atoms with van der Waals surface area (Å²) >= 11 is 0. The van der Waals surface area contributed by atoms with E-state index < -0.39 is 0 Å². The van der Waals surface area contributed by atoms with Crippen molar-refractivity contribution in [2.45, 2.75) is 32.6 Å². The molecule has 2 aromatic rings. The van der Waals surface area contributed by atoms with Crippen LogP contribution in [0, 0.1) is 0 Å². The van der Waals surface area contributed by atoms with E-state index in [1.807, 2.05) is 24.3 Å². The molecule has 0 aromatic heterocycles. The summed E-state index contributed by atoms with van der Waals surface area (Å²) in [6.07, 6.45) is 4.69. The van der Waals surface area contributed by atoms with Gasteiger partial charge >= 0.3 is 0 Å². The smallest absolute Gasteiger partial charge is 0.251 e. The second-order valence-electron chi connectivity index (χ2n) is 6.49. The van der Waals surface area contributed by atoms with Gasteiger partial charge in [0.05, 0.1) is 13.2 Å². The molecule has 0 aliphatic rings. The number of hydrogen-bond acceptors (Lipinski definition) is 4. The molecule has 2 rings (SSSR count). The maximum absolute atomic E-state index is 12.1. The van der Waals surface area contributed by atoms with Crippen LogP contribution in [0.3, 0.4) is 0 Å². The summed E-state index contributed by atoms with van der Waals surface area (Å²) in [5.74, 6) is 0.519. The van der Waals surface area contributed by atoms with Crippen LogP contribution in [0.5, 0.6) is 5.75 Å². The third-order valence-corrected chi connectivity index (χ3v) is 4.23. The lowest BCUT2D eigenvalue weighted by molar-refractivity contribution is -0.114. The van der Waals surface area contributed by atoms with Crippen molar-refractivity contribution in [1.82, 2.24) is 5.32 Å². The first-order chi connectivity index (χ1) is 13.6. The van der Waals surface area contributed by atoms with E-state index in [0.717, 1.165) is 23.5 Å². The van der Waals surface area contributed by atoms with Gasteiger partial charge in [-0.2, -0.15) is 0 Å². The van der Waals surface area contributed by atoms with Gasteiger partial charge in [-0.15, -0.1) is 0 Å². The average molecular weight is 383 g/mol. The largest absolute Gasteiger partial charge is 0.494 e. The van der Waals surface area contributed by atoms with E-state index in [2.05, 4.69) is 22.9 Å². The van der Waals surface area contributed by atoms with Gasteiger partial charge in [0, 0.05) is 24.0 Å². The van der Waals surface area contributed by atoms with Gasteiger partial charge in [-0.25, -0.2) is 0 Å². The number of rotatable bonds is 11. The Kier molecular flexibility index (Phi) is 8.85. The Bertz CT molecular complexity index is 743. The molecule has 0 aliphatic heterocycles. The SMILES string of the molecule is CCCCCCOc1ccc(NC(=O)CNc2ccc(C(=O)NC)cc2)cc1. The van der Waals surface area contributed by atoms with Crippen LogP contribution >= 0.6 is 0 Å². The number of hydrogen-bond donors (Lipinski definition) is 3. The Morgan fingerprint density at radius 1 is 0.893 bits per heavy atom. The van der Waals surface area contributed by atoms with Gasteiger partial charge in [0.2, 0.25) is 5.91 Å². The van der Waals surface area contributed by atoms with Crippen LogP contribution in [-0.4, -0.2) is 32.0 Å². The zero-order valence-corrected chi connectivity index (χ0v) is 16.6. The van der Waals surface area contributed by atoms with Crippen LogP contribution in [0.25, 0.3) is 0 Å². The molecule has 0 bridgehead atoms. The molecule has 28 heavy (non-hydrogen) atoms. The van der Waals surface area contributed by atoms with E-state index in [1.54, 1.807) is 31.3 Å². The fraction of sp³-hybridized carbons (Fsp3) is 0.364. The normalized spacial score (nSPS) is 10.2. The van der Waals surface area contributed by atoms with Crippen molar-refractivity contribution < 1.29 is 14.3 Å². The number of unbranched alkanes of at least 4 members (excludes halogenated alkanes) is 3. The van der Waals surface area contributed by atoms with E-state index in [1.165, 1.54) is 19.3 Å². The molecule has 2 amide bonds. The van der Waals surface area contributed by atoms with Crippen molar-refractivity contribution in [2.75, 3.05) is 30.8 Å². The molecule has 150 valence electrons. The van der Waals surface area contributed by atoms with Crippen LogP contribution in [0.15, 0.2) is 48.5 Å². The van der Waals surface area contributed by atoms with Gasteiger partial charge in [0.1, 0.15) is 5.75 Å². The lowest BCUT2D eigenvalue weighted by atomic mass is 10.2. The summed E-state index contributed by atoms with van der Waals surface area (Å²) < 4.78 is 5.70. The molecule has 0 aliphatic carbocycles. The molecular weight excluding hydrogens is 354 g/mol. The molecular formula is C22H29N3O3. The molecule has 6 heteroatoms. The molecule has 0 spiro atoms. The van der Waals surface area contributed by atoms with Crippen LogP contribution in [0.2, 0.25) is 0 Å². The number of carbonyl (C=O) groups is 2. The number of ether oxygens (including phenoxy) is 1. The predicted molar refractivity (Wildman–Crippen MR) is 113 cm³/mol. The molecule has 6 nitrogen and oxygen atoms in total. The van der Waals surface area contributed by atoms with E-state index in [4.69, 9.17) is 4.74 Å². The first kappa shape index (κ1) is 21.3. The number of amides is 2. The fourth-order valence-corrected chi connectivity index (χ4v) is 2.62. The summed E-state index contributed by atoms with van der Waals surface area (Å²) in [5, 5.41) is 8.45. The minimum absolute atomic E-state index is 0.134. The molecule has 0 atom stereocenters. The molecule has 0 saturated heterocycles. The van der Waals surface area contributed by atoms with Crippen LogP contribution in [0.1, 0.15) is 43.0 Å².